The number of hydrogen-bond donors (Lipinski definition) is 0. The van der Waals surface area contributed by atoms with Crippen molar-refractivity contribution in [2.45, 2.75) is 6.92 Å². The minimum Gasteiger partial charge on any atom is -0.493 e. The molecule has 0 amide bonds. The summed E-state index contributed by atoms with van der Waals surface area (Å²) >= 11 is 3.33. The molecular weight excluding hydrogens is 334 g/mol. The molecule has 0 unspecified atom stereocenters. The van der Waals surface area contributed by atoms with Gasteiger partial charge in [-0.05, 0) is 37.3 Å². The first-order valence-electron chi connectivity index (χ1n) is 6.11. The van der Waals surface area contributed by atoms with Crippen molar-refractivity contribution >= 4 is 21.7 Å². The normalized spacial score (nSPS) is 9.81. The molecule has 0 atom stereocenters. The Hall–Kier alpha value is -2.32. The van der Waals surface area contributed by atoms with Gasteiger partial charge in [0.15, 0.2) is 17.3 Å². The van der Waals surface area contributed by atoms with Gasteiger partial charge in [-0.3, -0.25) is 4.79 Å². The van der Waals surface area contributed by atoms with Crippen LogP contribution in [0.15, 0.2) is 40.9 Å². The molecule has 2 aromatic carbocycles. The summed E-state index contributed by atoms with van der Waals surface area (Å²) in [6.07, 6.45) is 0. The number of methoxy groups -OCH3 is 1. The molecule has 0 saturated heterocycles. The third kappa shape index (κ3) is 3.41. The molecule has 106 valence electrons. The number of benzene rings is 2. The van der Waals surface area contributed by atoms with Gasteiger partial charge in [0.25, 0.3) is 0 Å². The van der Waals surface area contributed by atoms with Gasteiger partial charge in [-0.25, -0.2) is 0 Å². The molecule has 0 spiro atoms. The van der Waals surface area contributed by atoms with E-state index in [2.05, 4.69) is 15.9 Å². The zero-order valence-corrected chi connectivity index (χ0v) is 13.1. The lowest BCUT2D eigenvalue weighted by Gasteiger charge is -2.13. The molecule has 4 nitrogen and oxygen atoms in total. The fraction of sp³-hybridized carbons (Fsp3) is 0.125. The molecule has 0 fully saturated rings. The van der Waals surface area contributed by atoms with Crippen LogP contribution in [0.2, 0.25) is 0 Å². The van der Waals surface area contributed by atoms with Crippen molar-refractivity contribution in [3.8, 4) is 23.3 Å². The Bertz CT molecular complexity index is 735. The van der Waals surface area contributed by atoms with Crippen LogP contribution >= 0.6 is 15.9 Å². The molecular formula is C16H12BrNO3. The maximum absolute atomic E-state index is 11.7. The Balaban J connectivity index is 2.43. The standard InChI is InChI=1S/C16H12BrNO3/c1-10(19)13-8-12(17)4-6-14(13)21-15-5-3-11(9-18)7-16(15)20-2/h3-8H,1-2H3. The van der Waals surface area contributed by atoms with Crippen molar-refractivity contribution < 1.29 is 14.3 Å². The van der Waals surface area contributed by atoms with E-state index in [0.717, 1.165) is 4.47 Å². The third-order valence-electron chi connectivity index (χ3n) is 2.83. The molecule has 0 bridgehead atoms. The zero-order valence-electron chi connectivity index (χ0n) is 11.5. The zero-order chi connectivity index (χ0) is 15.4. The van der Waals surface area contributed by atoms with E-state index < -0.39 is 0 Å². The second-order valence-electron chi connectivity index (χ2n) is 4.28. The second kappa shape index (κ2) is 6.42. The highest BCUT2D eigenvalue weighted by Gasteiger charge is 2.13. The number of Topliss-reactive ketones (excluding diaryl/α,β-unsaturated/α-hetero) is 1. The van der Waals surface area contributed by atoms with Crippen LogP contribution in [0.3, 0.4) is 0 Å². The van der Waals surface area contributed by atoms with Crippen molar-refractivity contribution in [1.29, 1.82) is 5.26 Å². The minimum absolute atomic E-state index is 0.0982. The SMILES string of the molecule is COc1cc(C#N)ccc1Oc1ccc(Br)cc1C(C)=O. The number of ketones is 1. The average Bonchev–Trinajstić information content (AvgIpc) is 2.49. The molecule has 0 aliphatic rings. The summed E-state index contributed by atoms with van der Waals surface area (Å²) in [6, 6.07) is 12.1. The lowest BCUT2D eigenvalue weighted by atomic mass is 10.1. The number of nitrogens with zero attached hydrogens (tertiary/aromatic N) is 1. The molecule has 0 aliphatic heterocycles. The van der Waals surface area contributed by atoms with Gasteiger partial charge in [0.2, 0.25) is 0 Å². The Morgan fingerprint density at radius 3 is 2.48 bits per heavy atom. The molecule has 0 radical (unpaired) electrons. The van der Waals surface area contributed by atoms with E-state index in [1.807, 2.05) is 6.07 Å². The van der Waals surface area contributed by atoms with Gasteiger partial charge in [-0.2, -0.15) is 5.26 Å². The van der Waals surface area contributed by atoms with Gasteiger partial charge in [0.1, 0.15) is 5.75 Å². The molecule has 0 aromatic heterocycles. The van der Waals surface area contributed by atoms with Crippen LogP contribution in [0.4, 0.5) is 0 Å². The molecule has 0 N–H and O–H groups in total. The summed E-state index contributed by atoms with van der Waals surface area (Å²) in [5.41, 5.74) is 0.942. The second-order valence-corrected chi connectivity index (χ2v) is 5.19. The van der Waals surface area contributed by atoms with E-state index >= 15 is 0 Å². The molecule has 0 aliphatic carbocycles. The Labute approximate surface area is 131 Å². The van der Waals surface area contributed by atoms with E-state index in [9.17, 15) is 4.79 Å². The molecule has 2 rings (SSSR count). The van der Waals surface area contributed by atoms with Crippen molar-refractivity contribution in [3.05, 3.63) is 52.0 Å². The topological polar surface area (TPSA) is 59.3 Å². The van der Waals surface area contributed by atoms with Crippen LogP contribution in [-0.4, -0.2) is 12.9 Å². The van der Waals surface area contributed by atoms with Gasteiger partial charge in [-0.1, -0.05) is 15.9 Å². The molecule has 0 saturated carbocycles. The van der Waals surface area contributed by atoms with Crippen molar-refractivity contribution in [2.75, 3.05) is 7.11 Å². The molecule has 2 aromatic rings. The van der Waals surface area contributed by atoms with E-state index in [0.29, 0.717) is 28.4 Å². The summed E-state index contributed by atoms with van der Waals surface area (Å²) < 4.78 is 11.8. The van der Waals surface area contributed by atoms with Crippen LogP contribution < -0.4 is 9.47 Å². The largest absolute Gasteiger partial charge is 0.493 e. The van der Waals surface area contributed by atoms with Crippen molar-refractivity contribution in [1.82, 2.24) is 0 Å². The predicted octanol–water partition coefficient (Wildman–Crippen LogP) is 4.32. The van der Waals surface area contributed by atoms with Crippen molar-refractivity contribution in [3.63, 3.8) is 0 Å². The van der Waals surface area contributed by atoms with Gasteiger partial charge < -0.3 is 9.47 Å². The van der Waals surface area contributed by atoms with Crippen LogP contribution in [0.5, 0.6) is 17.2 Å². The van der Waals surface area contributed by atoms with Crippen molar-refractivity contribution in [2.24, 2.45) is 0 Å². The maximum atomic E-state index is 11.7. The van der Waals surface area contributed by atoms with Gasteiger partial charge in [0, 0.05) is 10.5 Å². The minimum atomic E-state index is -0.0982. The summed E-state index contributed by atoms with van der Waals surface area (Å²) in [7, 11) is 1.50. The molecule has 5 heteroatoms. The number of ether oxygens (including phenoxy) is 2. The van der Waals surface area contributed by atoms with Crippen LogP contribution in [0.25, 0.3) is 0 Å². The quantitative estimate of drug-likeness (QED) is 0.774. The highest BCUT2D eigenvalue weighted by Crippen LogP contribution is 2.34. The third-order valence-corrected chi connectivity index (χ3v) is 3.33. The number of nitriles is 1. The first-order chi connectivity index (χ1) is 10.0. The van der Waals surface area contributed by atoms with E-state index in [1.54, 1.807) is 36.4 Å². The average molecular weight is 346 g/mol. The number of halogens is 1. The first-order valence-corrected chi connectivity index (χ1v) is 6.91. The predicted molar refractivity (Wildman–Crippen MR) is 81.9 cm³/mol. The number of rotatable bonds is 4. The smallest absolute Gasteiger partial charge is 0.169 e. The van der Waals surface area contributed by atoms with Gasteiger partial charge in [-0.15, -0.1) is 0 Å². The summed E-state index contributed by atoms with van der Waals surface area (Å²) in [5.74, 6) is 1.22. The monoisotopic (exact) mass is 345 g/mol. The van der Waals surface area contributed by atoms with Gasteiger partial charge >= 0.3 is 0 Å². The van der Waals surface area contributed by atoms with Crippen LogP contribution in [-0.2, 0) is 0 Å². The Kier molecular flexibility index (Phi) is 4.61. The van der Waals surface area contributed by atoms with Crippen LogP contribution in [0.1, 0.15) is 22.8 Å². The van der Waals surface area contributed by atoms with E-state index in [1.165, 1.54) is 14.0 Å². The number of carbonyl (C=O) groups is 1. The lowest BCUT2D eigenvalue weighted by molar-refractivity contribution is 0.101. The highest BCUT2D eigenvalue weighted by molar-refractivity contribution is 9.10. The van der Waals surface area contributed by atoms with E-state index in [-0.39, 0.29) is 5.78 Å². The molecule has 21 heavy (non-hydrogen) atoms. The van der Waals surface area contributed by atoms with E-state index in [4.69, 9.17) is 14.7 Å². The summed E-state index contributed by atoms with van der Waals surface area (Å²) in [4.78, 5) is 11.7. The molecule has 0 heterocycles. The number of carbonyl (C=O) groups excluding carboxylic acids is 1. The lowest BCUT2D eigenvalue weighted by Crippen LogP contribution is -1.98. The highest BCUT2D eigenvalue weighted by atomic mass is 79.9. The number of hydrogen-bond acceptors (Lipinski definition) is 4. The fourth-order valence-electron chi connectivity index (χ4n) is 1.81. The summed E-state index contributed by atoms with van der Waals surface area (Å²) in [5, 5.41) is 8.89. The summed E-state index contributed by atoms with van der Waals surface area (Å²) in [6.45, 7) is 1.48. The van der Waals surface area contributed by atoms with Crippen LogP contribution in [0, 0.1) is 11.3 Å². The Morgan fingerprint density at radius 2 is 1.86 bits per heavy atom. The fourth-order valence-corrected chi connectivity index (χ4v) is 2.17. The first kappa shape index (κ1) is 15.1. The maximum Gasteiger partial charge on any atom is 0.169 e. The van der Waals surface area contributed by atoms with Gasteiger partial charge in [0.05, 0.1) is 24.3 Å². The Morgan fingerprint density at radius 1 is 1.14 bits per heavy atom.